The second-order valence-electron chi connectivity index (χ2n) is 6.14. The second kappa shape index (κ2) is 7.74. The van der Waals surface area contributed by atoms with Crippen LogP contribution in [0.25, 0.3) is 17.3 Å². The number of H-pyrrole nitrogens is 1. The normalized spacial score (nSPS) is 11.0. The maximum absolute atomic E-state index is 12.2. The molecule has 7 nitrogen and oxygen atoms in total. The summed E-state index contributed by atoms with van der Waals surface area (Å²) >= 11 is 0. The van der Waals surface area contributed by atoms with Crippen molar-refractivity contribution in [2.24, 2.45) is 12.0 Å². The number of nitrogen functional groups attached to an aromatic ring is 1. The fourth-order valence-electron chi connectivity index (χ4n) is 2.79. The predicted molar refractivity (Wildman–Crippen MR) is 111 cm³/mol. The van der Waals surface area contributed by atoms with Gasteiger partial charge in [-0.3, -0.25) is 14.5 Å². The van der Waals surface area contributed by atoms with Crippen LogP contribution in [0.15, 0.2) is 52.5 Å². The van der Waals surface area contributed by atoms with Crippen LogP contribution in [0.2, 0.25) is 0 Å². The van der Waals surface area contributed by atoms with Gasteiger partial charge in [0, 0.05) is 37.0 Å². The third-order valence-corrected chi connectivity index (χ3v) is 4.16. The molecule has 0 aliphatic rings. The van der Waals surface area contributed by atoms with E-state index in [2.05, 4.69) is 27.1 Å². The smallest absolute Gasteiger partial charge is 0.207 e. The molecule has 0 unspecified atom stereocenters. The van der Waals surface area contributed by atoms with Crippen molar-refractivity contribution in [3.05, 3.63) is 64.1 Å². The summed E-state index contributed by atoms with van der Waals surface area (Å²) in [4.78, 5) is 19.4. The Balaban J connectivity index is 1.88. The third-order valence-electron chi connectivity index (χ3n) is 4.16. The van der Waals surface area contributed by atoms with E-state index in [1.165, 1.54) is 6.07 Å². The lowest BCUT2D eigenvalue weighted by Crippen LogP contribution is -2.14. The minimum atomic E-state index is -0.240. The highest BCUT2D eigenvalue weighted by molar-refractivity contribution is 5.69. The second-order valence-corrected chi connectivity index (χ2v) is 6.14. The van der Waals surface area contributed by atoms with Gasteiger partial charge in [-0.25, -0.2) is 0 Å². The Morgan fingerprint density at radius 2 is 2.22 bits per heavy atom. The van der Waals surface area contributed by atoms with Crippen molar-refractivity contribution < 1.29 is 0 Å². The van der Waals surface area contributed by atoms with E-state index in [4.69, 9.17) is 5.73 Å². The quantitative estimate of drug-likeness (QED) is 0.585. The predicted octanol–water partition coefficient (Wildman–Crippen LogP) is 3.33. The number of aliphatic imine (C=N–C) groups is 1. The molecule has 1 aromatic carbocycles. The third kappa shape index (κ3) is 3.98. The molecule has 0 saturated carbocycles. The highest BCUT2D eigenvalue weighted by Gasteiger charge is 2.10. The van der Waals surface area contributed by atoms with Crippen LogP contribution >= 0.6 is 0 Å². The molecule has 3 aromatic rings. The summed E-state index contributed by atoms with van der Waals surface area (Å²) in [5, 5.41) is 7.35. The van der Waals surface area contributed by atoms with Gasteiger partial charge in [-0.2, -0.15) is 5.10 Å². The topological polar surface area (TPSA) is 101 Å². The lowest BCUT2D eigenvalue weighted by atomic mass is 10.1. The van der Waals surface area contributed by atoms with E-state index in [9.17, 15) is 4.79 Å². The van der Waals surface area contributed by atoms with Gasteiger partial charge in [0.15, 0.2) is 0 Å². The maximum Gasteiger partial charge on any atom is 0.207 e. The molecule has 0 aliphatic carbocycles. The molecule has 7 heteroatoms. The van der Waals surface area contributed by atoms with Gasteiger partial charge in [0.05, 0.1) is 17.6 Å². The summed E-state index contributed by atoms with van der Waals surface area (Å²) in [6, 6.07) is 7.38. The minimum absolute atomic E-state index is 0.153. The number of aryl methyl sites for hydroxylation is 1. The van der Waals surface area contributed by atoms with Crippen molar-refractivity contribution >= 4 is 30.0 Å². The fourth-order valence-corrected chi connectivity index (χ4v) is 2.79. The molecule has 4 N–H and O–H groups in total. The number of nitrogens with zero attached hydrogens (tertiary/aromatic N) is 3. The van der Waals surface area contributed by atoms with Crippen LogP contribution in [0.1, 0.15) is 18.1 Å². The van der Waals surface area contributed by atoms with Crippen molar-refractivity contribution in [3.63, 3.8) is 0 Å². The van der Waals surface area contributed by atoms with Gasteiger partial charge in [-0.1, -0.05) is 18.2 Å². The van der Waals surface area contributed by atoms with Crippen LogP contribution in [-0.2, 0) is 13.6 Å². The first-order valence-electron chi connectivity index (χ1n) is 8.50. The number of pyridine rings is 1. The van der Waals surface area contributed by atoms with Gasteiger partial charge < -0.3 is 16.0 Å². The molecule has 0 amide bonds. The zero-order valence-electron chi connectivity index (χ0n) is 15.4. The van der Waals surface area contributed by atoms with Gasteiger partial charge in [0.2, 0.25) is 5.43 Å². The summed E-state index contributed by atoms with van der Waals surface area (Å²) in [5.41, 5.74) is 10.2. The van der Waals surface area contributed by atoms with Crippen molar-refractivity contribution in [1.29, 1.82) is 0 Å². The minimum Gasteiger partial charge on any atom is -0.393 e. The molecular formula is C20H22N6O. The van der Waals surface area contributed by atoms with Gasteiger partial charge >= 0.3 is 0 Å². The zero-order valence-corrected chi connectivity index (χ0v) is 15.4. The molecule has 138 valence electrons. The monoisotopic (exact) mass is 362 g/mol. The summed E-state index contributed by atoms with van der Waals surface area (Å²) < 4.78 is 1.68. The van der Waals surface area contributed by atoms with Crippen molar-refractivity contribution in [2.45, 2.75) is 13.5 Å². The number of nitrogens with two attached hydrogens (primary N) is 1. The van der Waals surface area contributed by atoms with Crippen LogP contribution in [0.4, 0.5) is 17.2 Å². The van der Waals surface area contributed by atoms with Gasteiger partial charge in [-0.05, 0) is 31.3 Å². The largest absolute Gasteiger partial charge is 0.393 e. The van der Waals surface area contributed by atoms with E-state index in [-0.39, 0.29) is 11.1 Å². The molecule has 2 heterocycles. The average molecular weight is 362 g/mol. The number of nitrogens with one attached hydrogen (secondary N) is 2. The zero-order chi connectivity index (χ0) is 19.4. The van der Waals surface area contributed by atoms with E-state index >= 15 is 0 Å². The van der Waals surface area contributed by atoms with E-state index in [0.29, 0.717) is 18.1 Å². The molecule has 0 aliphatic heterocycles. The van der Waals surface area contributed by atoms with E-state index in [0.717, 1.165) is 22.4 Å². The molecule has 0 radical (unpaired) electrons. The van der Waals surface area contributed by atoms with Crippen LogP contribution < -0.4 is 16.5 Å². The van der Waals surface area contributed by atoms with E-state index in [1.54, 1.807) is 10.9 Å². The first kappa shape index (κ1) is 18.2. The Kier molecular flexibility index (Phi) is 5.21. The first-order valence-corrected chi connectivity index (χ1v) is 8.50. The average Bonchev–Trinajstić information content (AvgIpc) is 3.09. The SMILES string of the molecule is C=Nc1ccc(CNc2[nH]c(-c3cnn(C)c3)cc(=O)c2N)cc1/C=C\C. The van der Waals surface area contributed by atoms with Crippen LogP contribution in [-0.4, -0.2) is 21.5 Å². The number of aromatic amines is 1. The van der Waals surface area contributed by atoms with Crippen molar-refractivity contribution in [1.82, 2.24) is 14.8 Å². The molecule has 0 bridgehead atoms. The number of allylic oxidation sites excluding steroid dienone is 1. The summed E-state index contributed by atoms with van der Waals surface area (Å²) in [7, 11) is 1.82. The molecule has 3 rings (SSSR count). The maximum atomic E-state index is 12.2. The number of anilines is 2. The van der Waals surface area contributed by atoms with Crippen LogP contribution in [0, 0.1) is 0 Å². The molecule has 0 saturated heterocycles. The van der Waals surface area contributed by atoms with Crippen molar-refractivity contribution in [3.8, 4) is 11.3 Å². The lowest BCUT2D eigenvalue weighted by Gasteiger charge is -2.12. The summed E-state index contributed by atoms with van der Waals surface area (Å²) in [6.07, 6.45) is 7.45. The number of rotatable bonds is 6. The Morgan fingerprint density at radius 3 is 2.89 bits per heavy atom. The van der Waals surface area contributed by atoms with E-state index < -0.39 is 0 Å². The van der Waals surface area contributed by atoms with Gasteiger partial charge in [-0.15, -0.1) is 0 Å². The highest BCUT2D eigenvalue weighted by Crippen LogP contribution is 2.23. The van der Waals surface area contributed by atoms with Crippen LogP contribution in [0.5, 0.6) is 0 Å². The Morgan fingerprint density at radius 1 is 1.41 bits per heavy atom. The lowest BCUT2D eigenvalue weighted by molar-refractivity contribution is 0.768. The number of hydrogen-bond donors (Lipinski definition) is 3. The Hall–Kier alpha value is -3.61. The molecular weight excluding hydrogens is 340 g/mol. The fraction of sp³-hybridized carbons (Fsp3) is 0.150. The van der Waals surface area contributed by atoms with Gasteiger partial charge in [0.25, 0.3) is 0 Å². The number of aromatic nitrogens is 3. The van der Waals surface area contributed by atoms with Crippen molar-refractivity contribution in [2.75, 3.05) is 11.1 Å². The molecule has 0 atom stereocenters. The molecule has 2 aromatic heterocycles. The standard InChI is InChI=1S/C20H22N6O/c1-4-5-14-8-13(6-7-16(14)22-2)10-23-20-19(21)18(27)9-17(25-20)15-11-24-26(3)12-15/h4-9,11-12H,2,10,21H2,1,3H3,(H2,23,25,27)/b5-4-. The summed E-state index contributed by atoms with van der Waals surface area (Å²) in [5.74, 6) is 0.486. The summed E-state index contributed by atoms with van der Waals surface area (Å²) in [6.45, 7) is 6.05. The molecule has 27 heavy (non-hydrogen) atoms. The Bertz CT molecular complexity index is 1060. The Labute approximate surface area is 157 Å². The van der Waals surface area contributed by atoms with E-state index in [1.807, 2.05) is 50.5 Å². The first-order chi connectivity index (χ1) is 13.0. The number of benzene rings is 1. The van der Waals surface area contributed by atoms with Crippen LogP contribution in [0.3, 0.4) is 0 Å². The number of hydrogen-bond acceptors (Lipinski definition) is 5. The highest BCUT2D eigenvalue weighted by atomic mass is 16.1. The molecule has 0 spiro atoms. The molecule has 0 fully saturated rings. The van der Waals surface area contributed by atoms with Gasteiger partial charge in [0.1, 0.15) is 11.5 Å².